The molecule has 0 unspecified atom stereocenters. The van der Waals surface area contributed by atoms with Gasteiger partial charge >= 0.3 is 12.2 Å². The normalized spacial score (nSPS) is 19.2. The minimum absolute atomic E-state index is 0.0738. The Bertz CT molecular complexity index is 1220. The average molecular weight is 518 g/mol. The summed E-state index contributed by atoms with van der Waals surface area (Å²) in [5.41, 5.74) is 0.505. The average Bonchev–Trinajstić information content (AvgIpc) is 3.49. The lowest BCUT2D eigenvalue weighted by Gasteiger charge is -2.38. The lowest BCUT2D eigenvalue weighted by Crippen LogP contribution is -2.48. The van der Waals surface area contributed by atoms with Crippen LogP contribution in [0.4, 0.5) is 23.9 Å². The van der Waals surface area contributed by atoms with Crippen LogP contribution in [0.2, 0.25) is 0 Å². The molecular formula is C24H26F3N7O3. The van der Waals surface area contributed by atoms with Crippen molar-refractivity contribution >= 4 is 12.0 Å². The second-order valence-corrected chi connectivity index (χ2v) is 9.33. The zero-order valence-electron chi connectivity index (χ0n) is 20.1. The number of amides is 2. The summed E-state index contributed by atoms with van der Waals surface area (Å²) < 4.78 is 51.4. The van der Waals surface area contributed by atoms with Crippen LogP contribution in [0, 0.1) is 0 Å². The molecule has 1 spiro atoms. The van der Waals surface area contributed by atoms with Gasteiger partial charge in [0.2, 0.25) is 0 Å². The van der Waals surface area contributed by atoms with Gasteiger partial charge in [-0.2, -0.15) is 13.2 Å². The molecule has 1 aromatic carbocycles. The van der Waals surface area contributed by atoms with Crippen LogP contribution in [0.25, 0.3) is 0 Å². The summed E-state index contributed by atoms with van der Waals surface area (Å²) >= 11 is 0. The van der Waals surface area contributed by atoms with Gasteiger partial charge in [-0.1, -0.05) is 17.2 Å². The van der Waals surface area contributed by atoms with E-state index in [1.54, 1.807) is 11.9 Å². The maximum Gasteiger partial charge on any atom is 0.417 e. The summed E-state index contributed by atoms with van der Waals surface area (Å²) in [6.45, 7) is 1.83. The van der Waals surface area contributed by atoms with E-state index in [2.05, 4.69) is 25.8 Å². The van der Waals surface area contributed by atoms with Crippen molar-refractivity contribution in [3.63, 3.8) is 0 Å². The maximum atomic E-state index is 12.7. The lowest BCUT2D eigenvalue weighted by atomic mass is 9.83. The van der Waals surface area contributed by atoms with E-state index in [4.69, 9.17) is 9.47 Å². The number of nitrogens with zero attached hydrogens (tertiary/aromatic N) is 6. The van der Waals surface area contributed by atoms with Gasteiger partial charge in [0.05, 0.1) is 23.5 Å². The molecule has 2 aliphatic rings. The van der Waals surface area contributed by atoms with Crippen LogP contribution in [0.15, 0.2) is 42.6 Å². The third kappa shape index (κ3) is 5.66. The van der Waals surface area contributed by atoms with E-state index in [0.29, 0.717) is 37.1 Å². The summed E-state index contributed by atoms with van der Waals surface area (Å²) in [6.07, 6.45) is -1.24. The molecule has 2 fully saturated rings. The van der Waals surface area contributed by atoms with Gasteiger partial charge in [-0.05, 0) is 59.5 Å². The number of urea groups is 1. The van der Waals surface area contributed by atoms with Crippen molar-refractivity contribution < 1.29 is 27.4 Å². The number of tetrazole rings is 1. The standard InChI is InChI=1S/C24H26F3N7O3/c1-33-21(30-31-32-33)29-22(35)34-10-8-23(9-11-34)12-17(14-37-23)16-2-6-20(7-3-16)36-15-19-5-4-18(13-28-19)24(25,26)27/h2-7,13,17H,8-12,14-15H2,1H3,(H,29,30,32,35)/t17-/m0/s1. The molecule has 0 saturated carbocycles. The second kappa shape index (κ2) is 9.96. The largest absolute Gasteiger partial charge is 0.487 e. The number of alkyl halides is 3. The molecule has 2 amide bonds. The molecule has 1 atom stereocenters. The number of aryl methyl sites for hydroxylation is 1. The number of piperidine rings is 1. The van der Waals surface area contributed by atoms with Crippen LogP contribution in [0.1, 0.15) is 42.0 Å². The first-order valence-corrected chi connectivity index (χ1v) is 11.9. The van der Waals surface area contributed by atoms with Crippen molar-refractivity contribution in [3.8, 4) is 5.75 Å². The number of nitrogens with one attached hydrogen (secondary N) is 1. The summed E-state index contributed by atoms with van der Waals surface area (Å²) in [4.78, 5) is 18.1. The first-order valence-electron chi connectivity index (χ1n) is 11.9. The van der Waals surface area contributed by atoms with Crippen LogP contribution in [0.5, 0.6) is 5.75 Å². The maximum absolute atomic E-state index is 12.7. The van der Waals surface area contributed by atoms with Gasteiger partial charge in [-0.15, -0.1) is 0 Å². The summed E-state index contributed by atoms with van der Waals surface area (Å²) in [5.74, 6) is 1.14. The van der Waals surface area contributed by atoms with Crippen molar-refractivity contribution in [1.82, 2.24) is 30.1 Å². The SMILES string of the molecule is Cn1nnnc1NC(=O)N1CCC2(CC1)C[C@H](c1ccc(OCc3ccc(C(F)(F)F)cn3)cc1)CO2. The van der Waals surface area contributed by atoms with E-state index in [-0.39, 0.29) is 24.2 Å². The molecule has 37 heavy (non-hydrogen) atoms. The van der Waals surface area contributed by atoms with Crippen LogP contribution in [-0.4, -0.2) is 61.4 Å². The molecule has 0 aliphatic carbocycles. The van der Waals surface area contributed by atoms with Gasteiger partial charge in [0, 0.05) is 32.3 Å². The zero-order valence-corrected chi connectivity index (χ0v) is 20.1. The summed E-state index contributed by atoms with van der Waals surface area (Å²) in [6, 6.07) is 9.74. The molecule has 2 saturated heterocycles. The Hall–Kier alpha value is -3.74. The molecule has 196 valence electrons. The Labute approximate surface area is 210 Å². The van der Waals surface area contributed by atoms with E-state index in [9.17, 15) is 18.0 Å². The minimum Gasteiger partial charge on any atom is -0.487 e. The number of ether oxygens (including phenoxy) is 2. The quantitative estimate of drug-likeness (QED) is 0.549. The van der Waals surface area contributed by atoms with Crippen molar-refractivity contribution in [2.45, 2.75) is 43.6 Å². The van der Waals surface area contributed by atoms with Crippen molar-refractivity contribution in [2.75, 3.05) is 25.0 Å². The van der Waals surface area contributed by atoms with Gasteiger partial charge in [0.1, 0.15) is 12.4 Å². The Balaban J connectivity index is 1.10. The molecule has 1 N–H and O–H groups in total. The van der Waals surface area contributed by atoms with Crippen molar-refractivity contribution in [3.05, 3.63) is 59.4 Å². The molecule has 0 bridgehead atoms. The molecule has 2 aliphatic heterocycles. The Morgan fingerprint density at radius 1 is 1.19 bits per heavy atom. The fourth-order valence-corrected chi connectivity index (χ4v) is 4.71. The minimum atomic E-state index is -4.41. The van der Waals surface area contributed by atoms with Gasteiger partial charge in [0.15, 0.2) is 0 Å². The van der Waals surface area contributed by atoms with Crippen molar-refractivity contribution in [1.29, 1.82) is 0 Å². The van der Waals surface area contributed by atoms with E-state index in [1.807, 2.05) is 24.3 Å². The Morgan fingerprint density at radius 2 is 1.95 bits per heavy atom. The first kappa shape index (κ1) is 24.9. The van der Waals surface area contributed by atoms with Gasteiger partial charge in [-0.25, -0.2) is 9.48 Å². The molecule has 10 nitrogen and oxygen atoms in total. The van der Waals surface area contributed by atoms with E-state index in [0.717, 1.165) is 37.1 Å². The van der Waals surface area contributed by atoms with Crippen molar-refractivity contribution in [2.24, 2.45) is 7.05 Å². The topological polar surface area (TPSA) is 107 Å². The third-order valence-corrected chi connectivity index (χ3v) is 6.90. The number of benzene rings is 1. The highest BCUT2D eigenvalue weighted by Gasteiger charge is 2.43. The number of likely N-dealkylation sites (tertiary alicyclic amines) is 1. The number of anilines is 1. The van der Waals surface area contributed by atoms with Crippen LogP contribution < -0.4 is 10.1 Å². The van der Waals surface area contributed by atoms with Crippen LogP contribution in [0.3, 0.4) is 0 Å². The zero-order chi connectivity index (χ0) is 26.0. The highest BCUT2D eigenvalue weighted by Crippen LogP contribution is 2.43. The number of rotatable bonds is 5. The highest BCUT2D eigenvalue weighted by molar-refractivity contribution is 5.87. The smallest absolute Gasteiger partial charge is 0.417 e. The Morgan fingerprint density at radius 3 is 2.57 bits per heavy atom. The lowest BCUT2D eigenvalue weighted by molar-refractivity contribution is -0.137. The van der Waals surface area contributed by atoms with Gasteiger partial charge in [0.25, 0.3) is 5.95 Å². The number of carbonyl (C=O) groups excluding carboxylic acids is 1. The van der Waals surface area contributed by atoms with Crippen LogP contribution >= 0.6 is 0 Å². The third-order valence-electron chi connectivity index (χ3n) is 6.90. The molecule has 2 aromatic heterocycles. The molecule has 13 heteroatoms. The predicted molar refractivity (Wildman–Crippen MR) is 125 cm³/mol. The Kier molecular flexibility index (Phi) is 6.71. The number of hydrogen-bond acceptors (Lipinski definition) is 7. The molecule has 4 heterocycles. The molecule has 3 aromatic rings. The number of carbonyl (C=O) groups is 1. The fraction of sp³-hybridized carbons (Fsp3) is 0.458. The van der Waals surface area contributed by atoms with E-state index < -0.39 is 11.7 Å². The monoisotopic (exact) mass is 517 g/mol. The van der Waals surface area contributed by atoms with E-state index in [1.165, 1.54) is 10.7 Å². The molecule has 0 radical (unpaired) electrons. The summed E-state index contributed by atoms with van der Waals surface area (Å²) in [7, 11) is 1.66. The summed E-state index contributed by atoms with van der Waals surface area (Å²) in [5, 5.41) is 13.7. The molecular weight excluding hydrogens is 491 g/mol. The second-order valence-electron chi connectivity index (χ2n) is 9.33. The highest BCUT2D eigenvalue weighted by atomic mass is 19.4. The fourth-order valence-electron chi connectivity index (χ4n) is 4.71. The van der Waals surface area contributed by atoms with Gasteiger partial charge < -0.3 is 14.4 Å². The number of hydrogen-bond donors (Lipinski definition) is 1. The molecule has 5 rings (SSSR count). The predicted octanol–water partition coefficient (Wildman–Crippen LogP) is 3.77. The number of halogens is 3. The number of pyridine rings is 1. The van der Waals surface area contributed by atoms with Crippen LogP contribution in [-0.2, 0) is 24.6 Å². The van der Waals surface area contributed by atoms with E-state index >= 15 is 0 Å². The van der Waals surface area contributed by atoms with Gasteiger partial charge in [-0.3, -0.25) is 10.3 Å². The first-order chi connectivity index (χ1) is 17.7. The number of aromatic nitrogens is 5.